The van der Waals surface area contributed by atoms with Gasteiger partial charge in [0.05, 0.1) is 18.7 Å². The van der Waals surface area contributed by atoms with Crippen LogP contribution in [-0.4, -0.2) is 28.0 Å². The minimum Gasteiger partial charge on any atom is -0.481 e. The van der Waals surface area contributed by atoms with Crippen molar-refractivity contribution in [3.63, 3.8) is 0 Å². The van der Waals surface area contributed by atoms with Crippen LogP contribution in [-0.2, 0) is 11.3 Å². The lowest BCUT2D eigenvalue weighted by atomic mass is 10.1. The van der Waals surface area contributed by atoms with E-state index in [4.69, 9.17) is 5.11 Å². The van der Waals surface area contributed by atoms with Crippen LogP contribution in [0.25, 0.3) is 0 Å². The first-order chi connectivity index (χ1) is 11.5. The molecule has 0 aliphatic rings. The Hall–Kier alpha value is -2.89. The van der Waals surface area contributed by atoms with E-state index < -0.39 is 12.0 Å². The molecule has 0 saturated heterocycles. The number of pyridine rings is 1. The first-order valence-corrected chi connectivity index (χ1v) is 7.73. The topological polar surface area (TPSA) is 91.3 Å². The molecule has 1 heterocycles. The quantitative estimate of drug-likeness (QED) is 0.727. The molecule has 6 nitrogen and oxygen atoms in total. The second-order valence-electron chi connectivity index (χ2n) is 5.63. The number of aliphatic carboxylic acids is 1. The molecule has 24 heavy (non-hydrogen) atoms. The SMILES string of the molecule is Cc1c(NCc2ccccn2)cccc1C(=O)NC(C)CC(=O)O. The highest BCUT2D eigenvalue weighted by Gasteiger charge is 2.15. The Morgan fingerprint density at radius 2 is 2.00 bits per heavy atom. The highest BCUT2D eigenvalue weighted by atomic mass is 16.4. The van der Waals surface area contributed by atoms with Crippen molar-refractivity contribution in [3.8, 4) is 0 Å². The third-order valence-corrected chi connectivity index (χ3v) is 3.62. The predicted octanol–water partition coefficient (Wildman–Crippen LogP) is 2.60. The second kappa shape index (κ2) is 8.10. The fourth-order valence-electron chi connectivity index (χ4n) is 2.38. The van der Waals surface area contributed by atoms with Gasteiger partial charge in [0, 0.05) is 23.5 Å². The summed E-state index contributed by atoms with van der Waals surface area (Å²) in [7, 11) is 0. The van der Waals surface area contributed by atoms with Gasteiger partial charge in [0.15, 0.2) is 0 Å². The van der Waals surface area contributed by atoms with Gasteiger partial charge in [-0.25, -0.2) is 0 Å². The fraction of sp³-hybridized carbons (Fsp3) is 0.278. The molecule has 1 amide bonds. The fourth-order valence-corrected chi connectivity index (χ4v) is 2.38. The lowest BCUT2D eigenvalue weighted by Gasteiger charge is -2.15. The number of carbonyl (C=O) groups excluding carboxylic acids is 1. The highest BCUT2D eigenvalue weighted by molar-refractivity contribution is 5.97. The zero-order valence-electron chi connectivity index (χ0n) is 13.7. The molecule has 0 spiro atoms. The first kappa shape index (κ1) is 17.5. The van der Waals surface area contributed by atoms with Gasteiger partial charge in [0.2, 0.25) is 0 Å². The average Bonchev–Trinajstić information content (AvgIpc) is 2.54. The molecular formula is C18H21N3O3. The van der Waals surface area contributed by atoms with E-state index in [1.54, 1.807) is 25.3 Å². The zero-order valence-corrected chi connectivity index (χ0v) is 13.7. The minimum atomic E-state index is -0.940. The van der Waals surface area contributed by atoms with Crippen LogP contribution in [0.3, 0.4) is 0 Å². The number of nitrogens with zero attached hydrogens (tertiary/aromatic N) is 1. The van der Waals surface area contributed by atoms with Gasteiger partial charge in [0.1, 0.15) is 0 Å². The smallest absolute Gasteiger partial charge is 0.305 e. The van der Waals surface area contributed by atoms with Crippen molar-refractivity contribution >= 4 is 17.6 Å². The molecule has 126 valence electrons. The molecule has 0 aliphatic heterocycles. The molecule has 2 rings (SSSR count). The number of amides is 1. The van der Waals surface area contributed by atoms with Gasteiger partial charge >= 0.3 is 5.97 Å². The Morgan fingerprint density at radius 1 is 1.21 bits per heavy atom. The van der Waals surface area contributed by atoms with Crippen LogP contribution in [0.4, 0.5) is 5.69 Å². The van der Waals surface area contributed by atoms with Crippen molar-refractivity contribution in [1.82, 2.24) is 10.3 Å². The van der Waals surface area contributed by atoms with Crippen LogP contribution >= 0.6 is 0 Å². The van der Waals surface area contributed by atoms with E-state index in [0.717, 1.165) is 16.9 Å². The molecular weight excluding hydrogens is 306 g/mol. The molecule has 0 saturated carbocycles. The highest BCUT2D eigenvalue weighted by Crippen LogP contribution is 2.19. The molecule has 1 aromatic heterocycles. The van der Waals surface area contributed by atoms with Gasteiger partial charge in [-0.05, 0) is 43.7 Å². The number of benzene rings is 1. The third-order valence-electron chi connectivity index (χ3n) is 3.62. The van der Waals surface area contributed by atoms with Crippen molar-refractivity contribution in [2.45, 2.75) is 32.9 Å². The summed E-state index contributed by atoms with van der Waals surface area (Å²) in [5.74, 6) is -1.21. The maximum Gasteiger partial charge on any atom is 0.305 e. The van der Waals surface area contributed by atoms with E-state index >= 15 is 0 Å². The van der Waals surface area contributed by atoms with Crippen molar-refractivity contribution in [2.75, 3.05) is 5.32 Å². The summed E-state index contributed by atoms with van der Waals surface area (Å²) in [5.41, 5.74) is 3.09. The van der Waals surface area contributed by atoms with Crippen molar-refractivity contribution < 1.29 is 14.7 Å². The number of rotatable bonds is 7. The minimum absolute atomic E-state index is 0.109. The van der Waals surface area contributed by atoms with E-state index in [2.05, 4.69) is 15.6 Å². The van der Waals surface area contributed by atoms with E-state index in [1.165, 1.54) is 0 Å². The monoisotopic (exact) mass is 327 g/mol. The molecule has 0 bridgehead atoms. The lowest BCUT2D eigenvalue weighted by Crippen LogP contribution is -2.34. The molecule has 0 radical (unpaired) electrons. The van der Waals surface area contributed by atoms with E-state index in [1.807, 2.05) is 31.2 Å². The van der Waals surface area contributed by atoms with Gasteiger partial charge in [-0.2, -0.15) is 0 Å². The number of hydrogen-bond acceptors (Lipinski definition) is 4. The number of carbonyl (C=O) groups is 2. The summed E-state index contributed by atoms with van der Waals surface area (Å²) >= 11 is 0. The summed E-state index contributed by atoms with van der Waals surface area (Å²) in [4.78, 5) is 27.3. The van der Waals surface area contributed by atoms with Gasteiger partial charge in [0.25, 0.3) is 5.91 Å². The number of nitrogens with one attached hydrogen (secondary N) is 2. The van der Waals surface area contributed by atoms with Crippen molar-refractivity contribution in [2.24, 2.45) is 0 Å². The van der Waals surface area contributed by atoms with E-state index in [9.17, 15) is 9.59 Å². The maximum absolute atomic E-state index is 12.3. The number of carboxylic acid groups (broad SMARTS) is 1. The second-order valence-corrected chi connectivity index (χ2v) is 5.63. The number of carboxylic acids is 1. The summed E-state index contributed by atoms with van der Waals surface area (Å²) in [6.07, 6.45) is 1.62. The van der Waals surface area contributed by atoms with Crippen LogP contribution < -0.4 is 10.6 Å². The Morgan fingerprint density at radius 3 is 2.67 bits per heavy atom. The van der Waals surface area contributed by atoms with Crippen molar-refractivity contribution in [3.05, 3.63) is 59.4 Å². The van der Waals surface area contributed by atoms with E-state index in [0.29, 0.717) is 12.1 Å². The molecule has 3 N–H and O–H groups in total. The summed E-state index contributed by atoms with van der Waals surface area (Å²) < 4.78 is 0. The first-order valence-electron chi connectivity index (χ1n) is 7.73. The van der Waals surface area contributed by atoms with Gasteiger partial charge in [-0.15, -0.1) is 0 Å². The largest absolute Gasteiger partial charge is 0.481 e. The van der Waals surface area contributed by atoms with Crippen LogP contribution in [0.2, 0.25) is 0 Å². The number of anilines is 1. The zero-order chi connectivity index (χ0) is 17.5. The predicted molar refractivity (Wildman–Crippen MR) is 91.9 cm³/mol. The molecule has 1 aromatic carbocycles. The number of aromatic nitrogens is 1. The number of hydrogen-bond donors (Lipinski definition) is 3. The Balaban J connectivity index is 2.06. The van der Waals surface area contributed by atoms with Gasteiger partial charge in [-0.1, -0.05) is 12.1 Å². The molecule has 2 aromatic rings. The molecule has 0 fully saturated rings. The molecule has 1 atom stereocenters. The molecule has 1 unspecified atom stereocenters. The Kier molecular flexibility index (Phi) is 5.89. The molecule has 0 aliphatic carbocycles. The van der Waals surface area contributed by atoms with Crippen LogP contribution in [0.15, 0.2) is 42.6 Å². The van der Waals surface area contributed by atoms with E-state index in [-0.39, 0.29) is 12.3 Å². The molecule has 6 heteroatoms. The van der Waals surface area contributed by atoms with Crippen LogP contribution in [0.1, 0.15) is 35.0 Å². The van der Waals surface area contributed by atoms with Gasteiger partial charge < -0.3 is 15.7 Å². The standard InChI is InChI=1S/C18H21N3O3/c1-12(10-17(22)23)21-18(24)15-7-5-8-16(13(15)2)20-11-14-6-3-4-9-19-14/h3-9,12,20H,10-11H2,1-2H3,(H,21,24)(H,22,23). The Bertz CT molecular complexity index is 717. The Labute approximate surface area is 140 Å². The lowest BCUT2D eigenvalue weighted by molar-refractivity contribution is -0.137. The summed E-state index contributed by atoms with van der Waals surface area (Å²) in [6, 6.07) is 10.7. The summed E-state index contributed by atoms with van der Waals surface area (Å²) in [6.45, 7) is 4.09. The maximum atomic E-state index is 12.3. The van der Waals surface area contributed by atoms with Crippen LogP contribution in [0, 0.1) is 6.92 Å². The normalized spacial score (nSPS) is 11.6. The summed E-state index contributed by atoms with van der Waals surface area (Å²) in [5, 5.41) is 14.8. The van der Waals surface area contributed by atoms with Gasteiger partial charge in [-0.3, -0.25) is 14.6 Å². The van der Waals surface area contributed by atoms with Crippen molar-refractivity contribution in [1.29, 1.82) is 0 Å². The third kappa shape index (κ3) is 4.81. The average molecular weight is 327 g/mol. The van der Waals surface area contributed by atoms with Crippen LogP contribution in [0.5, 0.6) is 0 Å².